The zero-order valence-electron chi connectivity index (χ0n) is 83.3. The van der Waals surface area contributed by atoms with Crippen molar-refractivity contribution < 1.29 is 0 Å². The molecule has 0 radical (unpaired) electrons. The molecule has 0 spiro atoms. The SMILES string of the molecule is CC.CC.CC.CC.CC.CC.CC.CC.CC.CC.Cc1ccc2cnccc2n1.Cc1ccc2cncnc2c1.Cc1ccc2ncncc2c1.Cc1cccc2cccnc12.Cc1cccc2ccncc12.Cc1cccc2cnccc12.Cc1cccc2ncccc12.Cc1cnc2ccccc2n1.Cc1cnc2cccnc2c1.Cc1cnc2ncccc2c1. The number of benzene rings is 7. The molecule has 0 fully saturated rings. The lowest BCUT2D eigenvalue weighted by Gasteiger charge is -1.98. The molecule has 0 saturated carbocycles. The van der Waals surface area contributed by atoms with Crippen LogP contribution < -0.4 is 0 Å². The average molecular weight is 1740 g/mol. The number of fused-ring (bicyclic) bond motifs is 10. The maximum atomic E-state index is 4.34. The number of aryl methyl sites for hydroxylation is 10. The fourth-order valence-corrected chi connectivity index (χ4v) is 11.5. The van der Waals surface area contributed by atoms with Gasteiger partial charge in [0.15, 0.2) is 5.65 Å². The van der Waals surface area contributed by atoms with Crippen LogP contribution in [0.4, 0.5) is 0 Å². The van der Waals surface area contributed by atoms with Crippen molar-refractivity contribution in [2.75, 3.05) is 0 Å². The number of hydrogen-bond acceptors (Lipinski definition) is 16. The van der Waals surface area contributed by atoms with Crippen LogP contribution in [0.3, 0.4) is 0 Å². The Morgan fingerprint density at radius 1 is 0.177 bits per heavy atom. The van der Waals surface area contributed by atoms with Gasteiger partial charge in [-0.05, 0) is 234 Å². The molecule has 20 rings (SSSR count). The lowest BCUT2D eigenvalue weighted by Crippen LogP contribution is -1.85. The van der Waals surface area contributed by atoms with E-state index in [0.717, 1.165) is 93.8 Å². The summed E-state index contributed by atoms with van der Waals surface area (Å²) in [4.78, 5) is 66.3. The zero-order valence-corrected chi connectivity index (χ0v) is 83.3. The minimum Gasteiger partial charge on any atom is -0.264 e. The van der Waals surface area contributed by atoms with Crippen molar-refractivity contribution in [2.24, 2.45) is 0 Å². The maximum absolute atomic E-state index is 4.34. The Morgan fingerprint density at radius 2 is 0.608 bits per heavy atom. The van der Waals surface area contributed by atoms with Crippen LogP contribution in [0.2, 0.25) is 0 Å². The number of aromatic nitrogens is 16. The molecule has 16 nitrogen and oxygen atoms in total. The summed E-state index contributed by atoms with van der Waals surface area (Å²) in [7, 11) is 0. The normalized spacial score (nSPS) is 9.15. The molecular weight excluding hydrogens is 1590 g/mol. The van der Waals surface area contributed by atoms with E-state index in [1.54, 1.807) is 37.4 Å². The monoisotopic (exact) mass is 1740 g/mol. The Bertz CT molecular complexity index is 5420. The minimum atomic E-state index is 0.818. The summed E-state index contributed by atoms with van der Waals surface area (Å²) >= 11 is 0. The number of nitrogens with zero attached hydrogens (tertiary/aromatic N) is 16. The smallest absolute Gasteiger partial charge is 0.159 e. The lowest BCUT2D eigenvalue weighted by molar-refractivity contribution is 1.18. The van der Waals surface area contributed by atoms with Crippen LogP contribution in [0.1, 0.15) is 194 Å². The van der Waals surface area contributed by atoms with Gasteiger partial charge in [-0.1, -0.05) is 253 Å². The third-order valence-corrected chi connectivity index (χ3v) is 17.2. The van der Waals surface area contributed by atoms with Crippen molar-refractivity contribution in [1.29, 1.82) is 0 Å². The van der Waals surface area contributed by atoms with Crippen LogP contribution in [-0.2, 0) is 0 Å². The van der Waals surface area contributed by atoms with E-state index >= 15 is 0 Å². The quantitative estimate of drug-likeness (QED) is 0.138. The third-order valence-electron chi connectivity index (χ3n) is 17.2. The molecule has 0 N–H and O–H groups in total. The predicted octanol–water partition coefficient (Wildman–Crippen LogP) is 32.1. The third kappa shape index (κ3) is 40.2. The molecular formula is C114H144N16. The van der Waals surface area contributed by atoms with E-state index in [1.165, 1.54) is 71.3 Å². The van der Waals surface area contributed by atoms with E-state index in [0.29, 0.717) is 0 Å². The van der Waals surface area contributed by atoms with Crippen molar-refractivity contribution in [2.45, 2.75) is 208 Å². The average Bonchev–Trinajstić information content (AvgIpc) is 0.834. The van der Waals surface area contributed by atoms with Crippen molar-refractivity contribution in [1.82, 2.24) is 79.7 Å². The molecule has 16 heteroatoms. The van der Waals surface area contributed by atoms with Crippen LogP contribution in [-0.4, -0.2) is 79.7 Å². The van der Waals surface area contributed by atoms with Crippen LogP contribution in [0.5, 0.6) is 0 Å². The van der Waals surface area contributed by atoms with Gasteiger partial charge >= 0.3 is 0 Å². The second-order valence-corrected chi connectivity index (χ2v) is 25.9. The number of para-hydroxylation sites is 3. The van der Waals surface area contributed by atoms with Crippen LogP contribution in [0.15, 0.2) is 330 Å². The highest BCUT2D eigenvalue weighted by Crippen LogP contribution is 2.21. The second kappa shape index (κ2) is 70.0. The Morgan fingerprint density at radius 3 is 1.27 bits per heavy atom. The molecule has 680 valence electrons. The fourth-order valence-electron chi connectivity index (χ4n) is 11.5. The summed E-state index contributed by atoms with van der Waals surface area (Å²) in [6.07, 6.45) is 30.5. The van der Waals surface area contributed by atoms with Crippen LogP contribution >= 0.6 is 0 Å². The van der Waals surface area contributed by atoms with E-state index in [4.69, 9.17) is 0 Å². The molecule has 0 unspecified atom stereocenters. The van der Waals surface area contributed by atoms with Crippen LogP contribution in [0, 0.1) is 69.2 Å². The first-order valence-corrected chi connectivity index (χ1v) is 45.9. The summed E-state index contributed by atoms with van der Waals surface area (Å²) in [5.74, 6) is 0. The van der Waals surface area contributed by atoms with Gasteiger partial charge in [0.1, 0.15) is 12.7 Å². The first kappa shape index (κ1) is 114. The Hall–Kier alpha value is -14.1. The predicted molar refractivity (Wildman–Crippen MR) is 565 cm³/mol. The molecule has 0 bridgehead atoms. The van der Waals surface area contributed by atoms with Crippen molar-refractivity contribution >= 4 is 109 Å². The number of pyridine rings is 10. The van der Waals surface area contributed by atoms with Gasteiger partial charge in [-0.2, -0.15) is 0 Å². The molecule has 0 aliphatic carbocycles. The van der Waals surface area contributed by atoms with Crippen molar-refractivity contribution in [3.05, 3.63) is 386 Å². The summed E-state index contributed by atoms with van der Waals surface area (Å²) in [6.45, 7) is 60.5. The van der Waals surface area contributed by atoms with Gasteiger partial charge in [0.2, 0.25) is 0 Å². The highest BCUT2D eigenvalue weighted by atomic mass is 14.8. The lowest BCUT2D eigenvalue weighted by atomic mass is 10.1. The van der Waals surface area contributed by atoms with E-state index in [9.17, 15) is 0 Å². The van der Waals surface area contributed by atoms with Gasteiger partial charge in [0.25, 0.3) is 0 Å². The van der Waals surface area contributed by atoms with Gasteiger partial charge in [-0.3, -0.25) is 44.9 Å². The van der Waals surface area contributed by atoms with E-state index in [-0.39, 0.29) is 0 Å². The molecule has 0 amide bonds. The summed E-state index contributed by atoms with van der Waals surface area (Å²) in [6, 6.07) is 75.1. The van der Waals surface area contributed by atoms with E-state index in [1.807, 2.05) is 356 Å². The Balaban J connectivity index is 0.000000706. The zero-order chi connectivity index (χ0) is 96.8. The number of rotatable bonds is 0. The summed E-state index contributed by atoms with van der Waals surface area (Å²) in [5.41, 5.74) is 21.8. The molecule has 13 aromatic heterocycles. The maximum Gasteiger partial charge on any atom is 0.159 e. The summed E-state index contributed by atoms with van der Waals surface area (Å²) < 4.78 is 0. The fraction of sp³-hybridized carbons (Fsp3) is 0.263. The van der Waals surface area contributed by atoms with E-state index in [2.05, 4.69) is 224 Å². The largest absolute Gasteiger partial charge is 0.264 e. The van der Waals surface area contributed by atoms with Gasteiger partial charge < -0.3 is 0 Å². The Kier molecular flexibility index (Phi) is 61.3. The molecule has 0 aliphatic rings. The second-order valence-electron chi connectivity index (χ2n) is 25.9. The van der Waals surface area contributed by atoms with E-state index < -0.39 is 0 Å². The van der Waals surface area contributed by atoms with Gasteiger partial charge in [0, 0.05) is 142 Å². The molecule has 13 heterocycles. The van der Waals surface area contributed by atoms with Gasteiger partial charge in [0.05, 0.1) is 55.3 Å². The van der Waals surface area contributed by atoms with Crippen molar-refractivity contribution in [3.8, 4) is 0 Å². The van der Waals surface area contributed by atoms with Gasteiger partial charge in [-0.25, -0.2) is 34.9 Å². The Labute approximate surface area is 777 Å². The first-order valence-electron chi connectivity index (χ1n) is 45.9. The first-order chi connectivity index (χ1) is 63.7. The molecule has 130 heavy (non-hydrogen) atoms. The minimum absolute atomic E-state index is 0.818. The highest BCUT2D eigenvalue weighted by Gasteiger charge is 2.01. The topological polar surface area (TPSA) is 206 Å². The van der Waals surface area contributed by atoms with Gasteiger partial charge in [-0.15, -0.1) is 0 Å². The molecule has 0 saturated heterocycles. The standard InChI is InChI=1S/4C10H9N.6C9H8N2.10C2H6/c1-8-4-2-6-10-9(8)5-3-7-11-10;1-8-4-2-5-9-6-3-7-11-10(8)9;1-8-3-2-4-9-7-11-6-5-10(8)9;1-8-3-2-4-9-5-6-11-7-10(8)9;1-7-2-3-9-8(4-7)5-10-6-11-9;1-7-2-3-8-5-10-6-11-9(8)4-7;1-7-2-3-8-6-10-5-4-9(8)11-7;1-7-5-9-8(11-6-7)3-2-4-10-9;1-7-5-8-3-2-4-10-9(8)11-6-7;1-7-6-10-8-4-2-3-5-9(8)11-7;10*1-2/h4*2-7H,1H3;6*2-6H,1H3;10*1-2H3. The molecule has 0 aliphatic heterocycles. The molecule has 20 aromatic rings. The molecule has 0 atom stereocenters. The number of hydrogen-bond donors (Lipinski definition) is 0. The molecule has 7 aromatic carbocycles. The van der Waals surface area contributed by atoms with Crippen LogP contribution in [0.25, 0.3) is 109 Å². The summed E-state index contributed by atoms with van der Waals surface area (Å²) in [5, 5.41) is 11.9. The highest BCUT2D eigenvalue weighted by molar-refractivity contribution is 5.87. The van der Waals surface area contributed by atoms with Crippen molar-refractivity contribution in [3.63, 3.8) is 0 Å².